The first-order valence-electron chi connectivity index (χ1n) is 5.80. The fourth-order valence-corrected chi connectivity index (χ4v) is 2.47. The first-order valence-corrected chi connectivity index (χ1v) is 6.68. The summed E-state index contributed by atoms with van der Waals surface area (Å²) in [6.45, 7) is 1.20. The molecule has 0 unspecified atom stereocenters. The number of thiophene rings is 1. The Morgan fingerprint density at radius 2 is 2.39 bits per heavy atom. The van der Waals surface area contributed by atoms with Gasteiger partial charge < -0.3 is 4.52 Å². The van der Waals surface area contributed by atoms with Crippen LogP contribution in [-0.2, 0) is 4.84 Å². The zero-order chi connectivity index (χ0) is 12.4. The first-order chi connectivity index (χ1) is 8.84. The van der Waals surface area contributed by atoms with Crippen LogP contribution in [0.3, 0.4) is 0 Å². The molecule has 0 spiro atoms. The lowest BCUT2D eigenvalue weighted by Gasteiger charge is -2.24. The van der Waals surface area contributed by atoms with Gasteiger partial charge in [0.25, 0.3) is 5.91 Å². The molecule has 1 amide bonds. The summed E-state index contributed by atoms with van der Waals surface area (Å²) >= 11 is 1.55. The van der Waals surface area contributed by atoms with Gasteiger partial charge in [-0.1, -0.05) is 11.2 Å². The lowest BCUT2D eigenvalue weighted by Crippen LogP contribution is -2.35. The van der Waals surface area contributed by atoms with E-state index in [1.165, 1.54) is 5.06 Å². The number of amides is 1. The molecule has 3 rings (SSSR count). The van der Waals surface area contributed by atoms with Crippen LogP contribution in [0.1, 0.15) is 23.3 Å². The number of hydrogen-bond donors (Lipinski definition) is 0. The third-order valence-corrected chi connectivity index (χ3v) is 3.61. The van der Waals surface area contributed by atoms with E-state index < -0.39 is 0 Å². The molecule has 5 nitrogen and oxygen atoms in total. The molecule has 1 aliphatic heterocycles. The number of carbonyl (C=O) groups is 1. The van der Waals surface area contributed by atoms with Crippen molar-refractivity contribution in [2.75, 3.05) is 13.2 Å². The summed E-state index contributed by atoms with van der Waals surface area (Å²) in [6, 6.07) is 5.51. The van der Waals surface area contributed by atoms with E-state index >= 15 is 0 Å². The third-order valence-electron chi connectivity index (χ3n) is 2.72. The molecule has 0 saturated carbocycles. The van der Waals surface area contributed by atoms with Crippen molar-refractivity contribution < 1.29 is 14.2 Å². The summed E-state index contributed by atoms with van der Waals surface area (Å²) in [7, 11) is 0. The number of aromatic nitrogens is 1. The molecule has 1 fully saturated rings. The average molecular weight is 264 g/mol. The topological polar surface area (TPSA) is 55.6 Å². The van der Waals surface area contributed by atoms with Gasteiger partial charge in [-0.05, 0) is 24.3 Å². The van der Waals surface area contributed by atoms with Crippen molar-refractivity contribution in [1.82, 2.24) is 10.2 Å². The van der Waals surface area contributed by atoms with Gasteiger partial charge in [-0.3, -0.25) is 9.63 Å². The molecule has 0 aliphatic carbocycles. The first kappa shape index (κ1) is 11.4. The van der Waals surface area contributed by atoms with E-state index in [0.29, 0.717) is 24.6 Å². The fourth-order valence-electron chi connectivity index (χ4n) is 1.80. The van der Waals surface area contributed by atoms with Gasteiger partial charge in [-0.15, -0.1) is 11.3 Å². The molecule has 1 saturated heterocycles. The maximum absolute atomic E-state index is 12.1. The monoisotopic (exact) mass is 264 g/mol. The van der Waals surface area contributed by atoms with Gasteiger partial charge in [0.2, 0.25) is 0 Å². The van der Waals surface area contributed by atoms with Crippen molar-refractivity contribution in [2.45, 2.75) is 12.8 Å². The van der Waals surface area contributed by atoms with E-state index in [-0.39, 0.29) is 5.91 Å². The van der Waals surface area contributed by atoms with E-state index in [2.05, 4.69) is 5.16 Å². The van der Waals surface area contributed by atoms with E-state index in [1.54, 1.807) is 17.4 Å². The standard InChI is InChI=1S/C12H12N2O3S/c15-12(14-5-1-2-6-16-14)9-8-10(17-13-9)11-4-3-7-18-11/h3-4,7-8H,1-2,5-6H2. The van der Waals surface area contributed by atoms with Crippen LogP contribution in [0, 0.1) is 0 Å². The Morgan fingerprint density at radius 1 is 1.44 bits per heavy atom. The van der Waals surface area contributed by atoms with Crippen LogP contribution in [0.2, 0.25) is 0 Å². The van der Waals surface area contributed by atoms with E-state index in [1.807, 2.05) is 17.5 Å². The molecule has 0 N–H and O–H groups in total. The summed E-state index contributed by atoms with van der Waals surface area (Å²) in [5, 5.41) is 7.12. The largest absolute Gasteiger partial charge is 0.355 e. The molecule has 0 aromatic carbocycles. The van der Waals surface area contributed by atoms with Crippen molar-refractivity contribution in [2.24, 2.45) is 0 Å². The van der Waals surface area contributed by atoms with Crippen LogP contribution in [0.15, 0.2) is 28.1 Å². The minimum Gasteiger partial charge on any atom is -0.355 e. The zero-order valence-corrected chi connectivity index (χ0v) is 10.5. The van der Waals surface area contributed by atoms with Crippen molar-refractivity contribution in [3.63, 3.8) is 0 Å². The number of carbonyl (C=O) groups excluding carboxylic acids is 1. The second-order valence-corrected chi connectivity index (χ2v) is 4.95. The predicted octanol–water partition coefficient (Wildman–Crippen LogP) is 2.57. The van der Waals surface area contributed by atoms with Gasteiger partial charge in [0, 0.05) is 12.6 Å². The number of hydroxylamine groups is 2. The molecule has 3 heterocycles. The second kappa shape index (κ2) is 4.91. The molecule has 2 aromatic rings. The van der Waals surface area contributed by atoms with Gasteiger partial charge in [0.05, 0.1) is 11.5 Å². The second-order valence-electron chi connectivity index (χ2n) is 4.00. The van der Waals surface area contributed by atoms with Crippen molar-refractivity contribution >= 4 is 17.2 Å². The normalized spacial score (nSPS) is 15.9. The minimum atomic E-state index is -0.235. The van der Waals surface area contributed by atoms with Crippen molar-refractivity contribution in [3.8, 4) is 10.6 Å². The van der Waals surface area contributed by atoms with Crippen molar-refractivity contribution in [3.05, 3.63) is 29.3 Å². The molecule has 6 heteroatoms. The van der Waals surface area contributed by atoms with Crippen LogP contribution in [0.4, 0.5) is 0 Å². The van der Waals surface area contributed by atoms with Crippen molar-refractivity contribution in [1.29, 1.82) is 0 Å². The Bertz CT molecular complexity index is 529. The molecule has 94 valence electrons. The number of nitrogens with zero attached hydrogens (tertiary/aromatic N) is 2. The van der Waals surface area contributed by atoms with Gasteiger partial charge in [-0.2, -0.15) is 0 Å². The number of hydrogen-bond acceptors (Lipinski definition) is 5. The maximum atomic E-state index is 12.1. The number of rotatable bonds is 2. The molecular formula is C12H12N2O3S. The average Bonchev–Trinajstić information content (AvgIpc) is 3.09. The van der Waals surface area contributed by atoms with Gasteiger partial charge in [-0.25, -0.2) is 5.06 Å². The van der Waals surface area contributed by atoms with E-state index in [4.69, 9.17) is 9.36 Å². The summed E-state index contributed by atoms with van der Waals surface area (Å²) in [6.07, 6.45) is 1.95. The highest BCUT2D eigenvalue weighted by atomic mass is 32.1. The van der Waals surface area contributed by atoms with Crippen LogP contribution in [-0.4, -0.2) is 29.3 Å². The highest BCUT2D eigenvalue weighted by Gasteiger charge is 2.23. The molecule has 2 aromatic heterocycles. The predicted molar refractivity (Wildman–Crippen MR) is 66.0 cm³/mol. The highest BCUT2D eigenvalue weighted by molar-refractivity contribution is 7.13. The Labute approximate surface area is 108 Å². The quantitative estimate of drug-likeness (QED) is 0.836. The molecule has 1 aliphatic rings. The van der Waals surface area contributed by atoms with Crippen LogP contribution < -0.4 is 0 Å². The van der Waals surface area contributed by atoms with E-state index in [0.717, 1.165) is 17.7 Å². The fraction of sp³-hybridized carbons (Fsp3) is 0.333. The smallest absolute Gasteiger partial charge is 0.299 e. The third kappa shape index (κ3) is 2.16. The Balaban J connectivity index is 1.78. The summed E-state index contributed by atoms with van der Waals surface area (Å²) in [5.74, 6) is 0.381. The highest BCUT2D eigenvalue weighted by Crippen LogP contribution is 2.25. The van der Waals surface area contributed by atoms with Crippen LogP contribution in [0.25, 0.3) is 10.6 Å². The molecule has 0 atom stereocenters. The molecule has 18 heavy (non-hydrogen) atoms. The Kier molecular flexibility index (Phi) is 3.12. The lowest BCUT2D eigenvalue weighted by atomic mass is 10.2. The lowest BCUT2D eigenvalue weighted by molar-refractivity contribution is -0.144. The van der Waals surface area contributed by atoms with Gasteiger partial charge in [0.1, 0.15) is 0 Å². The molecular weight excluding hydrogens is 252 g/mol. The van der Waals surface area contributed by atoms with Crippen LogP contribution >= 0.6 is 11.3 Å². The summed E-state index contributed by atoms with van der Waals surface area (Å²) < 4.78 is 5.18. The van der Waals surface area contributed by atoms with Gasteiger partial charge in [0.15, 0.2) is 11.5 Å². The zero-order valence-electron chi connectivity index (χ0n) is 9.67. The van der Waals surface area contributed by atoms with Gasteiger partial charge >= 0.3 is 0 Å². The summed E-state index contributed by atoms with van der Waals surface area (Å²) in [5.41, 5.74) is 0.292. The van der Waals surface area contributed by atoms with E-state index in [9.17, 15) is 4.79 Å². The SMILES string of the molecule is O=C(c1cc(-c2cccs2)on1)N1CCCCO1. The van der Waals surface area contributed by atoms with Crippen LogP contribution in [0.5, 0.6) is 0 Å². The Morgan fingerprint density at radius 3 is 3.11 bits per heavy atom. The Hall–Kier alpha value is -1.66. The minimum absolute atomic E-state index is 0.235. The molecule has 0 bridgehead atoms. The summed E-state index contributed by atoms with van der Waals surface area (Å²) in [4.78, 5) is 18.3. The molecule has 0 radical (unpaired) electrons. The maximum Gasteiger partial charge on any atom is 0.299 e.